The molecule has 0 spiro atoms. The second-order valence-corrected chi connectivity index (χ2v) is 7.74. The van der Waals surface area contributed by atoms with Crippen LogP contribution in [0.15, 0.2) is 24.3 Å². The Morgan fingerprint density at radius 2 is 1.83 bits per heavy atom. The molecule has 154 valence electrons. The minimum atomic E-state index is -1.24. The Morgan fingerprint density at radius 3 is 2.28 bits per heavy atom. The Morgan fingerprint density at radius 1 is 1.21 bits per heavy atom. The quantitative estimate of drug-likeness (QED) is 0.315. The van der Waals surface area contributed by atoms with Crippen LogP contribution < -0.4 is 0 Å². The highest BCUT2D eigenvalue weighted by atomic mass is 19.1. The zero-order valence-electron chi connectivity index (χ0n) is 17.7. The summed E-state index contributed by atoms with van der Waals surface area (Å²) in [6.07, 6.45) is 0. The first-order chi connectivity index (χ1) is 13.6. The second kappa shape index (κ2) is 8.91. The fraction of sp³-hybridized carbons (Fsp3) is 0.409. The molecule has 0 aliphatic heterocycles. The topological polar surface area (TPSA) is 77.1 Å². The normalized spacial score (nSPS) is 12.2. The van der Waals surface area contributed by atoms with Gasteiger partial charge in [-0.25, -0.2) is 9.18 Å². The van der Waals surface area contributed by atoms with E-state index in [1.54, 1.807) is 11.7 Å². The lowest BCUT2D eigenvalue weighted by Gasteiger charge is -2.19. The molecule has 1 aromatic carbocycles. The number of rotatable bonds is 6. The van der Waals surface area contributed by atoms with Crippen LogP contribution in [0.4, 0.5) is 4.39 Å². The second-order valence-electron chi connectivity index (χ2n) is 7.74. The van der Waals surface area contributed by atoms with Crippen LogP contribution in [0.2, 0.25) is 0 Å². The standard InChI is InChI=1S/C22H26FN3O3/c1-14-15(2)25-26(6)20(14)21(29-13-28-19(27)11-23)18(12-24)16-7-9-17(10-8-16)22(3,4)5/h7-10H,11,13H2,1-6H3/b21-18-. The number of hydrogen-bond donors (Lipinski definition) is 0. The monoisotopic (exact) mass is 399 g/mol. The van der Waals surface area contributed by atoms with Crippen molar-refractivity contribution in [3.05, 3.63) is 52.3 Å². The number of allylic oxidation sites excluding steroid dienone is 1. The summed E-state index contributed by atoms with van der Waals surface area (Å²) in [4.78, 5) is 11.1. The molecular weight excluding hydrogens is 373 g/mol. The number of esters is 1. The minimum absolute atomic E-state index is 0.0231. The molecule has 1 heterocycles. The summed E-state index contributed by atoms with van der Waals surface area (Å²) in [5, 5.41) is 14.3. The number of carbonyl (C=O) groups excluding carboxylic acids is 1. The van der Waals surface area contributed by atoms with E-state index in [9.17, 15) is 14.4 Å². The Hall–Kier alpha value is -3.14. The zero-order valence-corrected chi connectivity index (χ0v) is 17.7. The Bertz CT molecular complexity index is 961. The van der Waals surface area contributed by atoms with Crippen LogP contribution in [0.3, 0.4) is 0 Å². The first kappa shape index (κ1) is 22.2. The van der Waals surface area contributed by atoms with E-state index in [0.717, 1.165) is 16.8 Å². The highest BCUT2D eigenvalue weighted by Crippen LogP contribution is 2.31. The summed E-state index contributed by atoms with van der Waals surface area (Å²) >= 11 is 0. The van der Waals surface area contributed by atoms with E-state index in [0.29, 0.717) is 11.3 Å². The van der Waals surface area contributed by atoms with Gasteiger partial charge in [0.15, 0.2) is 12.4 Å². The molecule has 0 aliphatic rings. The smallest absolute Gasteiger partial charge is 0.340 e. The predicted molar refractivity (Wildman–Crippen MR) is 108 cm³/mol. The van der Waals surface area contributed by atoms with Crippen LogP contribution in [-0.2, 0) is 26.7 Å². The lowest BCUT2D eigenvalue weighted by atomic mass is 9.86. The molecule has 0 saturated carbocycles. The summed E-state index contributed by atoms with van der Waals surface area (Å²) in [6.45, 7) is 8.30. The van der Waals surface area contributed by atoms with Gasteiger partial charge in [0.05, 0.1) is 5.69 Å². The van der Waals surface area contributed by atoms with Crippen LogP contribution in [-0.4, -0.2) is 29.2 Å². The van der Waals surface area contributed by atoms with E-state index >= 15 is 0 Å². The molecule has 0 saturated heterocycles. The molecule has 0 radical (unpaired) electrons. The lowest BCUT2D eigenvalue weighted by molar-refractivity contribution is -0.152. The fourth-order valence-corrected chi connectivity index (χ4v) is 2.92. The van der Waals surface area contributed by atoms with E-state index in [1.165, 1.54) is 0 Å². The van der Waals surface area contributed by atoms with Crippen LogP contribution in [0.25, 0.3) is 11.3 Å². The molecule has 0 N–H and O–H groups in total. The van der Waals surface area contributed by atoms with Gasteiger partial charge in [0.25, 0.3) is 0 Å². The van der Waals surface area contributed by atoms with Gasteiger partial charge in [0.1, 0.15) is 17.3 Å². The third-order valence-corrected chi connectivity index (χ3v) is 4.65. The van der Waals surface area contributed by atoms with E-state index in [1.807, 2.05) is 38.1 Å². The average molecular weight is 399 g/mol. The summed E-state index contributed by atoms with van der Waals surface area (Å²) in [7, 11) is 1.74. The number of alkyl halides is 1. The Kier molecular flexibility index (Phi) is 6.80. The molecule has 1 aromatic heterocycles. The zero-order chi connectivity index (χ0) is 21.8. The molecule has 29 heavy (non-hydrogen) atoms. The number of halogens is 1. The number of carbonyl (C=O) groups is 1. The third kappa shape index (κ3) is 5.02. The van der Waals surface area contributed by atoms with E-state index in [4.69, 9.17) is 9.47 Å². The molecule has 0 bridgehead atoms. The maximum atomic E-state index is 12.4. The van der Waals surface area contributed by atoms with E-state index < -0.39 is 19.4 Å². The molecule has 7 heteroatoms. The van der Waals surface area contributed by atoms with Gasteiger partial charge in [0.2, 0.25) is 6.79 Å². The minimum Gasteiger partial charge on any atom is -0.454 e. The SMILES string of the molecule is Cc1nn(C)c(/C(OCOC(=O)CF)=C(\C#N)c2ccc(C(C)(C)C)cc2)c1C. The van der Waals surface area contributed by atoms with E-state index in [2.05, 4.69) is 31.9 Å². The average Bonchev–Trinajstić information content (AvgIpc) is 2.92. The van der Waals surface area contributed by atoms with Crippen molar-refractivity contribution in [3.8, 4) is 6.07 Å². The first-order valence-corrected chi connectivity index (χ1v) is 9.20. The number of nitriles is 1. The number of aromatic nitrogens is 2. The van der Waals surface area contributed by atoms with E-state index in [-0.39, 0.29) is 16.7 Å². The van der Waals surface area contributed by atoms with Crippen molar-refractivity contribution >= 4 is 17.3 Å². The van der Waals surface area contributed by atoms with Crippen LogP contribution >= 0.6 is 0 Å². The van der Waals surface area contributed by atoms with Crippen LogP contribution in [0.1, 0.15) is 48.8 Å². The molecule has 0 fully saturated rings. The number of benzene rings is 1. The molecule has 2 aromatic rings. The molecular formula is C22H26FN3O3. The largest absolute Gasteiger partial charge is 0.454 e. The van der Waals surface area contributed by atoms with Gasteiger partial charge >= 0.3 is 5.97 Å². The summed E-state index contributed by atoms with van der Waals surface area (Å²) < 4.78 is 24.4. The van der Waals surface area contributed by atoms with Crippen molar-refractivity contribution in [2.24, 2.45) is 7.05 Å². The highest BCUT2D eigenvalue weighted by molar-refractivity contribution is 5.94. The molecule has 0 amide bonds. The maximum Gasteiger partial charge on any atom is 0.340 e. The first-order valence-electron chi connectivity index (χ1n) is 9.20. The number of ether oxygens (including phenoxy) is 2. The fourth-order valence-electron chi connectivity index (χ4n) is 2.92. The van der Waals surface area contributed by atoms with Crippen molar-refractivity contribution in [3.63, 3.8) is 0 Å². The van der Waals surface area contributed by atoms with Gasteiger partial charge in [-0.2, -0.15) is 10.4 Å². The van der Waals surface area contributed by atoms with Crippen LogP contribution in [0, 0.1) is 25.2 Å². The number of nitrogens with zero attached hydrogens (tertiary/aromatic N) is 3. The Labute approximate surface area is 170 Å². The molecule has 2 rings (SSSR count). The molecule has 6 nitrogen and oxygen atoms in total. The number of hydrogen-bond acceptors (Lipinski definition) is 5. The lowest BCUT2D eigenvalue weighted by Crippen LogP contribution is -2.12. The van der Waals surface area contributed by atoms with Crippen molar-refractivity contribution in [1.29, 1.82) is 5.26 Å². The Balaban J connectivity index is 2.57. The molecule has 0 atom stereocenters. The number of aryl methyl sites for hydroxylation is 2. The summed E-state index contributed by atoms with van der Waals surface area (Å²) in [5.41, 5.74) is 4.24. The van der Waals surface area contributed by atoms with Gasteiger partial charge in [-0.15, -0.1) is 0 Å². The summed E-state index contributed by atoms with van der Waals surface area (Å²) in [5.74, 6) is -0.807. The van der Waals surface area contributed by atoms with Gasteiger partial charge < -0.3 is 9.47 Å². The highest BCUT2D eigenvalue weighted by Gasteiger charge is 2.22. The van der Waals surface area contributed by atoms with Gasteiger partial charge in [-0.05, 0) is 30.4 Å². The predicted octanol–water partition coefficient (Wildman–Crippen LogP) is 4.21. The van der Waals surface area contributed by atoms with Crippen LogP contribution in [0.5, 0.6) is 0 Å². The van der Waals surface area contributed by atoms with Crippen molar-refractivity contribution in [2.75, 3.05) is 13.5 Å². The molecule has 0 unspecified atom stereocenters. The van der Waals surface area contributed by atoms with Crippen molar-refractivity contribution in [1.82, 2.24) is 9.78 Å². The third-order valence-electron chi connectivity index (χ3n) is 4.65. The molecule has 0 aliphatic carbocycles. The summed E-state index contributed by atoms with van der Waals surface area (Å²) in [6, 6.07) is 9.84. The van der Waals surface area contributed by atoms with Gasteiger partial charge in [-0.3, -0.25) is 4.68 Å². The van der Waals surface area contributed by atoms with Gasteiger partial charge in [0, 0.05) is 12.6 Å². The van der Waals surface area contributed by atoms with Gasteiger partial charge in [-0.1, -0.05) is 45.0 Å². The van der Waals surface area contributed by atoms with Crippen molar-refractivity contribution < 1.29 is 18.7 Å². The maximum absolute atomic E-state index is 12.4. The van der Waals surface area contributed by atoms with Crippen molar-refractivity contribution in [2.45, 2.75) is 40.0 Å².